The zero-order chi connectivity index (χ0) is 19.9. The number of ether oxygens (including phenoxy) is 1. The number of fused-ring (bicyclic) bond motifs is 1. The Balaban J connectivity index is 1.43. The third kappa shape index (κ3) is 4.04. The first-order valence-electron chi connectivity index (χ1n) is 8.42. The van der Waals surface area contributed by atoms with Crippen molar-refractivity contribution in [2.45, 2.75) is 31.5 Å². The SMILES string of the molecule is O=c1[nH]c(=O)n([C@H]2C[C@@H]3O[PH](O)(OCc4ccc(Cl)cc4)OC[C@H]3O2)cc1F. The number of nitrogens with zero attached hydrogens (tertiary/aromatic N) is 1. The molecule has 3 atom stereocenters. The van der Waals surface area contributed by atoms with Gasteiger partial charge in [-0.1, -0.05) is 0 Å². The number of hydrogen-bond acceptors (Lipinski definition) is 7. The molecule has 0 spiro atoms. The summed E-state index contributed by atoms with van der Waals surface area (Å²) in [6.45, 7) is 0.0528. The monoisotopic (exact) mass is 434 g/mol. The maximum atomic E-state index is 13.5. The van der Waals surface area contributed by atoms with Crippen LogP contribution in [0.2, 0.25) is 5.02 Å². The third-order valence-electron chi connectivity index (χ3n) is 4.48. The normalized spacial score (nSPS) is 27.3. The van der Waals surface area contributed by atoms with Crippen molar-refractivity contribution in [2.75, 3.05) is 6.61 Å². The molecule has 12 heteroatoms. The van der Waals surface area contributed by atoms with Gasteiger partial charge in [-0.2, -0.15) is 0 Å². The number of hydrogen-bond donors (Lipinski definition) is 2. The number of aromatic nitrogens is 2. The molecule has 152 valence electrons. The molecule has 2 aromatic rings. The fourth-order valence-corrected chi connectivity index (χ4v) is 4.76. The van der Waals surface area contributed by atoms with Crippen LogP contribution in [0.3, 0.4) is 0 Å². The molecule has 9 nitrogen and oxygen atoms in total. The van der Waals surface area contributed by atoms with Crippen LogP contribution in [0.25, 0.3) is 0 Å². The molecule has 2 saturated heterocycles. The fourth-order valence-electron chi connectivity index (χ4n) is 3.06. The number of rotatable bonds is 4. The summed E-state index contributed by atoms with van der Waals surface area (Å²) in [6.07, 6.45) is -1.12. The van der Waals surface area contributed by atoms with Crippen LogP contribution in [0.15, 0.2) is 40.1 Å². The number of halogens is 2. The van der Waals surface area contributed by atoms with E-state index in [1.54, 1.807) is 24.3 Å². The van der Waals surface area contributed by atoms with Gasteiger partial charge in [-0.05, 0) is 0 Å². The molecule has 0 radical (unpaired) electrons. The molecular formula is C16H17ClFN2O7P. The molecular weight excluding hydrogens is 418 g/mol. The van der Waals surface area contributed by atoms with Crippen LogP contribution < -0.4 is 11.2 Å². The van der Waals surface area contributed by atoms with Crippen LogP contribution in [0.1, 0.15) is 18.2 Å². The standard InChI is InChI=1S/C16H17ClFN2O7P/c17-10-3-1-9(2-4-10)7-24-28(23)25-8-13-12(27-28)5-14(26-13)20-6-11(18)15(21)19-16(20)22/h1-4,6,12-14,23,28H,5,7-8H2,(H,19,21,22)/t12-,13+,14+/m0/s1. The number of aromatic amines is 1. The van der Waals surface area contributed by atoms with Gasteiger partial charge >= 0.3 is 163 Å². The Kier molecular flexibility index (Phi) is 5.36. The summed E-state index contributed by atoms with van der Waals surface area (Å²) in [5, 5.41) is 0.579. The van der Waals surface area contributed by atoms with E-state index in [0.717, 1.165) is 16.3 Å². The van der Waals surface area contributed by atoms with Gasteiger partial charge in [-0.25, -0.2) is 0 Å². The molecule has 2 aliphatic heterocycles. The Hall–Kier alpha value is -1.65. The van der Waals surface area contributed by atoms with E-state index in [9.17, 15) is 18.9 Å². The van der Waals surface area contributed by atoms with Crippen LogP contribution in [0.4, 0.5) is 4.39 Å². The van der Waals surface area contributed by atoms with Gasteiger partial charge in [-0.15, -0.1) is 0 Å². The summed E-state index contributed by atoms with van der Waals surface area (Å²) < 4.78 is 36.6. The molecule has 2 aliphatic rings. The number of benzene rings is 1. The Morgan fingerprint density at radius 2 is 2.07 bits per heavy atom. The summed E-state index contributed by atoms with van der Waals surface area (Å²) >= 11 is 5.83. The second kappa shape index (κ2) is 7.64. The molecule has 28 heavy (non-hydrogen) atoms. The van der Waals surface area contributed by atoms with Gasteiger partial charge in [0.2, 0.25) is 0 Å². The second-order valence-corrected chi connectivity index (χ2v) is 8.71. The van der Waals surface area contributed by atoms with Crippen molar-refractivity contribution in [1.82, 2.24) is 9.55 Å². The molecule has 0 aliphatic carbocycles. The molecule has 2 N–H and O–H groups in total. The minimum atomic E-state index is -3.92. The zero-order valence-corrected chi connectivity index (χ0v) is 16.1. The van der Waals surface area contributed by atoms with Crippen molar-refractivity contribution >= 4 is 19.8 Å². The Morgan fingerprint density at radius 1 is 1.32 bits per heavy atom. The van der Waals surface area contributed by atoms with Gasteiger partial charge in [-0.3, -0.25) is 0 Å². The van der Waals surface area contributed by atoms with Gasteiger partial charge in [0.1, 0.15) is 0 Å². The second-order valence-electron chi connectivity index (χ2n) is 6.41. The van der Waals surface area contributed by atoms with Crippen molar-refractivity contribution in [3.8, 4) is 0 Å². The van der Waals surface area contributed by atoms with Crippen LogP contribution in [-0.2, 0) is 24.9 Å². The molecule has 1 aromatic carbocycles. The molecule has 0 unspecified atom stereocenters. The van der Waals surface area contributed by atoms with E-state index in [2.05, 4.69) is 0 Å². The summed E-state index contributed by atoms with van der Waals surface area (Å²) in [5.74, 6) is -1.10. The zero-order valence-electron chi connectivity index (χ0n) is 14.3. The Bertz CT molecular complexity index is 984. The Morgan fingerprint density at radius 3 is 2.82 bits per heavy atom. The maximum absolute atomic E-state index is 13.5. The minimum absolute atomic E-state index is 0.00884. The molecule has 0 bridgehead atoms. The number of H-pyrrole nitrogens is 1. The van der Waals surface area contributed by atoms with Crippen LogP contribution in [0, 0.1) is 5.82 Å². The molecule has 4 rings (SSSR count). The third-order valence-corrected chi connectivity index (χ3v) is 6.37. The average Bonchev–Trinajstić information content (AvgIpc) is 3.07. The topological polar surface area (TPSA) is 112 Å². The molecule has 3 heterocycles. The summed E-state index contributed by atoms with van der Waals surface area (Å²) in [6, 6.07) is 6.89. The first kappa shape index (κ1) is 19.7. The van der Waals surface area contributed by atoms with Gasteiger partial charge in [0.15, 0.2) is 0 Å². The van der Waals surface area contributed by atoms with Gasteiger partial charge in [0.25, 0.3) is 0 Å². The molecule has 0 amide bonds. The number of nitrogens with one attached hydrogen (secondary N) is 1. The van der Waals surface area contributed by atoms with Crippen molar-refractivity contribution in [3.05, 3.63) is 67.7 Å². The van der Waals surface area contributed by atoms with E-state index >= 15 is 0 Å². The summed E-state index contributed by atoms with van der Waals surface area (Å²) in [7, 11) is -3.92. The van der Waals surface area contributed by atoms with E-state index < -0.39 is 43.7 Å². The molecule has 0 saturated carbocycles. The first-order valence-corrected chi connectivity index (χ1v) is 10.5. The van der Waals surface area contributed by atoms with Crippen LogP contribution >= 0.6 is 19.8 Å². The Labute approximate surface area is 163 Å². The van der Waals surface area contributed by atoms with Crippen molar-refractivity contribution in [2.24, 2.45) is 0 Å². The van der Waals surface area contributed by atoms with Crippen LogP contribution in [0.5, 0.6) is 0 Å². The fraction of sp³-hybridized carbons (Fsp3) is 0.375. The average molecular weight is 435 g/mol. The predicted octanol–water partition coefficient (Wildman–Crippen LogP) is 1.65. The van der Waals surface area contributed by atoms with Crippen LogP contribution in [-0.4, -0.2) is 33.3 Å². The van der Waals surface area contributed by atoms with E-state index in [1.165, 1.54) is 0 Å². The predicted molar refractivity (Wildman–Crippen MR) is 97.4 cm³/mol. The van der Waals surface area contributed by atoms with Crippen molar-refractivity contribution in [1.29, 1.82) is 0 Å². The summed E-state index contributed by atoms with van der Waals surface area (Å²) in [5.41, 5.74) is -1.13. The molecule has 1 aromatic heterocycles. The van der Waals surface area contributed by atoms with Gasteiger partial charge in [0, 0.05) is 0 Å². The van der Waals surface area contributed by atoms with E-state index in [0.29, 0.717) is 5.02 Å². The van der Waals surface area contributed by atoms with Crippen molar-refractivity contribution < 1.29 is 27.6 Å². The quantitative estimate of drug-likeness (QED) is 0.704. The van der Waals surface area contributed by atoms with Gasteiger partial charge in [0.05, 0.1) is 0 Å². The van der Waals surface area contributed by atoms with E-state index in [4.69, 9.17) is 29.9 Å². The van der Waals surface area contributed by atoms with E-state index in [-0.39, 0.29) is 19.6 Å². The molecule has 2 fully saturated rings. The first-order chi connectivity index (χ1) is 13.3. The van der Waals surface area contributed by atoms with Gasteiger partial charge < -0.3 is 0 Å². The van der Waals surface area contributed by atoms with E-state index in [1.807, 2.05) is 4.98 Å². The summed E-state index contributed by atoms with van der Waals surface area (Å²) in [4.78, 5) is 35.5. The van der Waals surface area contributed by atoms with Crippen molar-refractivity contribution in [3.63, 3.8) is 0 Å².